The number of hydrogen-bond donors (Lipinski definition) is 0. The molecule has 110 valence electrons. The van der Waals surface area contributed by atoms with Crippen LogP contribution in [0.15, 0.2) is 28.7 Å². The smallest absolute Gasteiger partial charge is 0.319 e. The molecule has 1 fully saturated rings. The molecule has 2 rings (SSSR count). The number of halogens is 1. The second kappa shape index (κ2) is 7.64. The van der Waals surface area contributed by atoms with Crippen molar-refractivity contribution in [2.75, 3.05) is 33.4 Å². The minimum atomic E-state index is -0.158. The molecule has 1 aromatic carbocycles. The summed E-state index contributed by atoms with van der Waals surface area (Å²) in [4.78, 5) is 13.3. The lowest BCUT2D eigenvalue weighted by molar-refractivity contribution is -0.142. The number of benzene rings is 1. The standard InChI is InChI=1S/C15H20BrNO3/c1-19-15(18)10-17-8-6-12(7-9-17)11-20-14-4-2-13(16)3-5-14/h2-5,12H,6-11H2,1H3. The number of carbonyl (C=O) groups is 1. The van der Waals surface area contributed by atoms with Crippen LogP contribution in [-0.2, 0) is 9.53 Å². The van der Waals surface area contributed by atoms with E-state index in [9.17, 15) is 4.79 Å². The Labute approximate surface area is 128 Å². The van der Waals surface area contributed by atoms with Crippen LogP contribution >= 0.6 is 15.9 Å². The maximum Gasteiger partial charge on any atom is 0.319 e. The summed E-state index contributed by atoms with van der Waals surface area (Å²) in [5.41, 5.74) is 0. The summed E-state index contributed by atoms with van der Waals surface area (Å²) in [5, 5.41) is 0. The summed E-state index contributed by atoms with van der Waals surface area (Å²) in [6, 6.07) is 7.90. The van der Waals surface area contributed by atoms with Gasteiger partial charge in [0.1, 0.15) is 5.75 Å². The lowest BCUT2D eigenvalue weighted by atomic mass is 9.98. The molecular formula is C15H20BrNO3. The van der Waals surface area contributed by atoms with Gasteiger partial charge in [0.15, 0.2) is 0 Å². The van der Waals surface area contributed by atoms with Gasteiger partial charge in [-0.25, -0.2) is 0 Å². The normalized spacial score (nSPS) is 16.9. The summed E-state index contributed by atoms with van der Waals surface area (Å²) in [7, 11) is 1.43. The van der Waals surface area contributed by atoms with Crippen molar-refractivity contribution in [3.63, 3.8) is 0 Å². The van der Waals surface area contributed by atoms with Crippen LogP contribution in [0.4, 0.5) is 0 Å². The highest BCUT2D eigenvalue weighted by Gasteiger charge is 2.21. The fraction of sp³-hybridized carbons (Fsp3) is 0.533. The minimum Gasteiger partial charge on any atom is -0.493 e. The molecule has 0 unspecified atom stereocenters. The van der Waals surface area contributed by atoms with Crippen LogP contribution in [0, 0.1) is 5.92 Å². The highest BCUT2D eigenvalue weighted by atomic mass is 79.9. The van der Waals surface area contributed by atoms with E-state index in [1.165, 1.54) is 7.11 Å². The number of nitrogens with zero attached hydrogens (tertiary/aromatic N) is 1. The summed E-state index contributed by atoms with van der Waals surface area (Å²) in [6.45, 7) is 3.01. The predicted octanol–water partition coefficient (Wildman–Crippen LogP) is 2.71. The first-order valence-electron chi connectivity index (χ1n) is 6.85. The SMILES string of the molecule is COC(=O)CN1CCC(COc2ccc(Br)cc2)CC1. The molecule has 1 aliphatic heterocycles. The van der Waals surface area contributed by atoms with Crippen molar-refractivity contribution in [2.45, 2.75) is 12.8 Å². The maximum absolute atomic E-state index is 11.2. The van der Waals surface area contributed by atoms with Crippen molar-refractivity contribution in [2.24, 2.45) is 5.92 Å². The Balaban J connectivity index is 1.69. The van der Waals surface area contributed by atoms with Crippen LogP contribution in [0.2, 0.25) is 0 Å². The van der Waals surface area contributed by atoms with Crippen molar-refractivity contribution in [3.05, 3.63) is 28.7 Å². The summed E-state index contributed by atoms with van der Waals surface area (Å²) < 4.78 is 11.5. The lowest BCUT2D eigenvalue weighted by Gasteiger charge is -2.30. The van der Waals surface area contributed by atoms with Gasteiger partial charge in [-0.05, 0) is 56.1 Å². The van der Waals surface area contributed by atoms with E-state index in [1.807, 2.05) is 24.3 Å². The van der Waals surface area contributed by atoms with E-state index < -0.39 is 0 Å². The number of methoxy groups -OCH3 is 1. The fourth-order valence-corrected chi connectivity index (χ4v) is 2.57. The van der Waals surface area contributed by atoms with Crippen molar-refractivity contribution in [1.29, 1.82) is 0 Å². The average Bonchev–Trinajstić information content (AvgIpc) is 2.48. The summed E-state index contributed by atoms with van der Waals surface area (Å²) >= 11 is 3.41. The molecule has 0 amide bonds. The van der Waals surface area contributed by atoms with Crippen LogP contribution in [0.25, 0.3) is 0 Å². The Morgan fingerprint density at radius 2 is 1.95 bits per heavy atom. The number of likely N-dealkylation sites (tertiary alicyclic amines) is 1. The molecule has 0 aromatic heterocycles. The zero-order valence-electron chi connectivity index (χ0n) is 11.7. The van der Waals surface area contributed by atoms with Crippen LogP contribution in [0.3, 0.4) is 0 Å². The second-order valence-electron chi connectivity index (χ2n) is 5.06. The van der Waals surface area contributed by atoms with Gasteiger partial charge < -0.3 is 9.47 Å². The van der Waals surface area contributed by atoms with E-state index in [-0.39, 0.29) is 5.97 Å². The van der Waals surface area contributed by atoms with Crippen LogP contribution in [0.1, 0.15) is 12.8 Å². The summed E-state index contributed by atoms with van der Waals surface area (Å²) in [6.07, 6.45) is 2.13. The van der Waals surface area contributed by atoms with Crippen molar-refractivity contribution in [3.8, 4) is 5.75 Å². The van der Waals surface area contributed by atoms with E-state index >= 15 is 0 Å². The molecule has 4 nitrogen and oxygen atoms in total. The van der Waals surface area contributed by atoms with Gasteiger partial charge in [0, 0.05) is 4.47 Å². The Hall–Kier alpha value is -1.07. The molecule has 0 spiro atoms. The van der Waals surface area contributed by atoms with Gasteiger partial charge in [0.05, 0.1) is 20.3 Å². The number of esters is 1. The van der Waals surface area contributed by atoms with Crippen LogP contribution in [-0.4, -0.2) is 44.2 Å². The minimum absolute atomic E-state index is 0.158. The molecule has 20 heavy (non-hydrogen) atoms. The van der Waals surface area contributed by atoms with E-state index in [2.05, 4.69) is 25.6 Å². The molecule has 0 radical (unpaired) electrons. The molecular weight excluding hydrogens is 322 g/mol. The van der Waals surface area contributed by atoms with E-state index in [4.69, 9.17) is 4.74 Å². The van der Waals surface area contributed by atoms with Gasteiger partial charge in [0.25, 0.3) is 0 Å². The zero-order chi connectivity index (χ0) is 14.4. The van der Waals surface area contributed by atoms with E-state index in [0.29, 0.717) is 12.5 Å². The maximum atomic E-state index is 11.2. The average molecular weight is 342 g/mol. The van der Waals surface area contributed by atoms with Gasteiger partial charge in [-0.3, -0.25) is 9.69 Å². The highest BCUT2D eigenvalue weighted by Crippen LogP contribution is 2.20. The molecule has 1 heterocycles. The molecule has 0 bridgehead atoms. The topological polar surface area (TPSA) is 38.8 Å². The number of ether oxygens (including phenoxy) is 2. The van der Waals surface area contributed by atoms with Gasteiger partial charge in [-0.15, -0.1) is 0 Å². The van der Waals surface area contributed by atoms with Gasteiger partial charge in [-0.1, -0.05) is 15.9 Å². The van der Waals surface area contributed by atoms with Gasteiger partial charge >= 0.3 is 5.97 Å². The number of piperidine rings is 1. The molecule has 1 aromatic rings. The predicted molar refractivity (Wildman–Crippen MR) is 80.8 cm³/mol. The van der Waals surface area contributed by atoms with Crippen LogP contribution in [0.5, 0.6) is 5.75 Å². The molecule has 0 aliphatic carbocycles. The first kappa shape index (κ1) is 15.3. The Morgan fingerprint density at radius 1 is 1.30 bits per heavy atom. The monoisotopic (exact) mass is 341 g/mol. The Kier molecular flexibility index (Phi) is 5.86. The molecule has 1 saturated heterocycles. The lowest BCUT2D eigenvalue weighted by Crippen LogP contribution is -2.39. The molecule has 0 saturated carbocycles. The quantitative estimate of drug-likeness (QED) is 0.772. The molecule has 0 atom stereocenters. The van der Waals surface area contributed by atoms with Crippen LogP contribution < -0.4 is 4.74 Å². The number of rotatable bonds is 5. The van der Waals surface area contributed by atoms with Crippen molar-refractivity contribution in [1.82, 2.24) is 4.90 Å². The molecule has 5 heteroatoms. The van der Waals surface area contributed by atoms with Crippen molar-refractivity contribution >= 4 is 21.9 Å². The molecule has 1 aliphatic rings. The Bertz CT molecular complexity index is 427. The van der Waals surface area contributed by atoms with E-state index in [1.54, 1.807) is 0 Å². The third-order valence-electron chi connectivity index (χ3n) is 3.59. The van der Waals surface area contributed by atoms with Crippen molar-refractivity contribution < 1.29 is 14.3 Å². The first-order chi connectivity index (χ1) is 9.67. The second-order valence-corrected chi connectivity index (χ2v) is 5.98. The third kappa shape index (κ3) is 4.80. The summed E-state index contributed by atoms with van der Waals surface area (Å²) in [5.74, 6) is 1.31. The van der Waals surface area contributed by atoms with Gasteiger partial charge in [-0.2, -0.15) is 0 Å². The first-order valence-corrected chi connectivity index (χ1v) is 7.64. The Morgan fingerprint density at radius 3 is 2.55 bits per heavy atom. The number of carbonyl (C=O) groups excluding carboxylic acids is 1. The largest absolute Gasteiger partial charge is 0.493 e. The third-order valence-corrected chi connectivity index (χ3v) is 4.12. The zero-order valence-corrected chi connectivity index (χ0v) is 13.3. The van der Waals surface area contributed by atoms with Gasteiger partial charge in [0.2, 0.25) is 0 Å². The molecule has 0 N–H and O–H groups in total. The van der Waals surface area contributed by atoms with E-state index in [0.717, 1.165) is 42.8 Å². The number of hydrogen-bond acceptors (Lipinski definition) is 4. The highest BCUT2D eigenvalue weighted by molar-refractivity contribution is 9.10. The fourth-order valence-electron chi connectivity index (χ4n) is 2.30.